The Morgan fingerprint density at radius 3 is 1.23 bits per heavy atom. The Kier molecular flexibility index (Phi) is 11.6. The normalized spacial score (nSPS) is 8.65. The number of carbonyl (C=O) groups is 3. The standard InChI is InChI=1S/C13H11NO.C4H9NO.C3H7NO/c15-11-14(12-7-3-1-4-8-12)13-9-5-2-6-10-13;1-4(6)5(2)3;1-4(2)3-5/h1-11H;1-3H3;3H,1-2H3. The molecule has 0 aliphatic carbocycles. The topological polar surface area (TPSA) is 60.9 Å². The fraction of sp³-hybridized carbons (Fsp3) is 0.250. The van der Waals surface area contributed by atoms with E-state index in [9.17, 15) is 14.4 Å². The first-order chi connectivity index (χ1) is 12.3. The van der Waals surface area contributed by atoms with Crippen molar-refractivity contribution < 1.29 is 14.4 Å². The van der Waals surface area contributed by atoms with E-state index in [1.807, 2.05) is 60.7 Å². The molecule has 0 atom stereocenters. The molecule has 0 fully saturated rings. The molecule has 140 valence electrons. The summed E-state index contributed by atoms with van der Waals surface area (Å²) in [5.74, 6) is 0.0926. The lowest BCUT2D eigenvalue weighted by Gasteiger charge is -2.16. The van der Waals surface area contributed by atoms with Crippen molar-refractivity contribution in [2.24, 2.45) is 0 Å². The highest BCUT2D eigenvalue weighted by Gasteiger charge is 2.05. The third-order valence-electron chi connectivity index (χ3n) is 3.01. The predicted molar refractivity (Wildman–Crippen MR) is 105 cm³/mol. The molecule has 6 nitrogen and oxygen atoms in total. The third-order valence-corrected chi connectivity index (χ3v) is 3.01. The minimum Gasteiger partial charge on any atom is -0.351 e. The summed E-state index contributed by atoms with van der Waals surface area (Å²) < 4.78 is 0. The van der Waals surface area contributed by atoms with Gasteiger partial charge in [-0.15, -0.1) is 0 Å². The highest BCUT2D eigenvalue weighted by molar-refractivity contribution is 5.86. The van der Waals surface area contributed by atoms with Crippen molar-refractivity contribution in [2.45, 2.75) is 6.92 Å². The zero-order valence-electron chi connectivity index (χ0n) is 16.0. The predicted octanol–water partition coefficient (Wildman–Crippen LogP) is 2.78. The van der Waals surface area contributed by atoms with E-state index >= 15 is 0 Å². The van der Waals surface area contributed by atoms with Crippen LogP contribution >= 0.6 is 0 Å². The number of anilines is 2. The number of hydrogen-bond acceptors (Lipinski definition) is 3. The Balaban J connectivity index is 0.000000474. The van der Waals surface area contributed by atoms with Gasteiger partial charge in [-0.05, 0) is 24.3 Å². The lowest BCUT2D eigenvalue weighted by atomic mass is 10.2. The summed E-state index contributed by atoms with van der Waals surface area (Å²) in [7, 11) is 6.82. The van der Waals surface area contributed by atoms with Crippen molar-refractivity contribution in [3.63, 3.8) is 0 Å². The van der Waals surface area contributed by atoms with E-state index in [4.69, 9.17) is 0 Å². The first-order valence-electron chi connectivity index (χ1n) is 7.97. The molecule has 0 aliphatic rings. The van der Waals surface area contributed by atoms with E-state index in [2.05, 4.69) is 0 Å². The smallest absolute Gasteiger partial charge is 0.218 e. The Hall–Kier alpha value is -3.15. The first kappa shape index (κ1) is 22.9. The molecule has 0 bridgehead atoms. The van der Waals surface area contributed by atoms with Crippen LogP contribution in [-0.2, 0) is 14.4 Å². The van der Waals surface area contributed by atoms with Gasteiger partial charge in [0.05, 0.1) is 0 Å². The summed E-state index contributed by atoms with van der Waals surface area (Å²) in [6.45, 7) is 1.53. The molecule has 6 heteroatoms. The summed E-state index contributed by atoms with van der Waals surface area (Å²) in [6, 6.07) is 19.1. The van der Waals surface area contributed by atoms with E-state index in [1.54, 1.807) is 33.1 Å². The number of nitrogens with zero attached hydrogens (tertiary/aromatic N) is 3. The second-order valence-corrected chi connectivity index (χ2v) is 5.63. The van der Waals surface area contributed by atoms with Crippen LogP contribution in [0.25, 0.3) is 0 Å². The van der Waals surface area contributed by atoms with E-state index < -0.39 is 0 Å². The van der Waals surface area contributed by atoms with E-state index in [0.717, 1.165) is 24.2 Å². The molecule has 0 N–H and O–H groups in total. The molecule has 0 heterocycles. The van der Waals surface area contributed by atoms with Gasteiger partial charge in [0.1, 0.15) is 0 Å². The Bertz CT molecular complexity index is 604. The average Bonchev–Trinajstić information content (AvgIpc) is 2.65. The molecule has 0 saturated heterocycles. The summed E-state index contributed by atoms with van der Waals surface area (Å²) in [5, 5.41) is 0. The van der Waals surface area contributed by atoms with Crippen LogP contribution in [0.15, 0.2) is 60.7 Å². The van der Waals surface area contributed by atoms with Gasteiger partial charge < -0.3 is 9.80 Å². The van der Waals surface area contributed by atoms with Gasteiger partial charge in [-0.3, -0.25) is 19.3 Å². The van der Waals surface area contributed by atoms with Crippen molar-refractivity contribution in [1.29, 1.82) is 0 Å². The lowest BCUT2D eigenvalue weighted by Crippen LogP contribution is -2.17. The van der Waals surface area contributed by atoms with E-state index in [1.165, 1.54) is 16.7 Å². The minimum atomic E-state index is 0.0926. The van der Waals surface area contributed by atoms with Crippen LogP contribution in [-0.4, -0.2) is 56.7 Å². The maximum atomic E-state index is 11.0. The summed E-state index contributed by atoms with van der Waals surface area (Å²) in [4.78, 5) is 35.1. The SMILES string of the molecule is CC(=O)N(C)C.CN(C)C=O.O=CN(c1ccccc1)c1ccccc1. The first-order valence-corrected chi connectivity index (χ1v) is 7.97. The zero-order chi connectivity index (χ0) is 19.9. The van der Waals surface area contributed by atoms with E-state index in [0.29, 0.717) is 0 Å². The van der Waals surface area contributed by atoms with Crippen molar-refractivity contribution >= 4 is 30.1 Å². The highest BCUT2D eigenvalue weighted by atomic mass is 16.2. The molecule has 0 spiro atoms. The molecule has 0 unspecified atom stereocenters. The Morgan fingerprint density at radius 2 is 1.04 bits per heavy atom. The minimum absolute atomic E-state index is 0.0926. The number of para-hydroxylation sites is 2. The molecule has 2 rings (SSSR count). The molecule has 3 amide bonds. The van der Waals surface area contributed by atoms with Crippen LogP contribution in [0.2, 0.25) is 0 Å². The molecule has 0 radical (unpaired) electrons. The summed E-state index contributed by atoms with van der Waals surface area (Å²) in [6.07, 6.45) is 1.57. The number of hydrogen-bond donors (Lipinski definition) is 0. The van der Waals surface area contributed by atoms with Gasteiger partial charge in [-0.25, -0.2) is 0 Å². The molecular weight excluding hydrogens is 330 g/mol. The van der Waals surface area contributed by atoms with Crippen LogP contribution in [0.4, 0.5) is 11.4 Å². The zero-order valence-corrected chi connectivity index (χ0v) is 16.0. The summed E-state index contributed by atoms with van der Waals surface area (Å²) in [5.41, 5.74) is 1.75. The molecule has 0 aliphatic heterocycles. The maximum Gasteiger partial charge on any atom is 0.218 e. The molecule has 26 heavy (non-hydrogen) atoms. The van der Waals surface area contributed by atoms with Crippen LogP contribution in [0, 0.1) is 0 Å². The van der Waals surface area contributed by atoms with Crippen molar-refractivity contribution in [3.05, 3.63) is 60.7 Å². The number of amides is 3. The van der Waals surface area contributed by atoms with Gasteiger partial charge in [-0.2, -0.15) is 0 Å². The van der Waals surface area contributed by atoms with Crippen LogP contribution < -0.4 is 4.90 Å². The molecule has 0 aromatic heterocycles. The Labute approximate surface area is 155 Å². The summed E-state index contributed by atoms with van der Waals surface area (Å²) >= 11 is 0. The molecule has 2 aromatic carbocycles. The Morgan fingerprint density at radius 1 is 0.731 bits per heavy atom. The fourth-order valence-corrected chi connectivity index (χ4v) is 1.45. The molecule has 0 saturated carbocycles. The van der Waals surface area contributed by atoms with Gasteiger partial charge >= 0.3 is 0 Å². The van der Waals surface area contributed by atoms with Gasteiger partial charge in [-0.1, -0.05) is 36.4 Å². The van der Waals surface area contributed by atoms with Crippen molar-refractivity contribution in [2.75, 3.05) is 33.1 Å². The van der Waals surface area contributed by atoms with Gasteiger partial charge in [0.15, 0.2) is 0 Å². The largest absolute Gasteiger partial charge is 0.351 e. The van der Waals surface area contributed by atoms with Gasteiger partial charge in [0.25, 0.3) is 0 Å². The maximum absolute atomic E-state index is 11.0. The second-order valence-electron chi connectivity index (χ2n) is 5.63. The fourth-order valence-electron chi connectivity index (χ4n) is 1.45. The number of benzene rings is 2. The number of carbonyl (C=O) groups excluding carboxylic acids is 3. The molecule has 2 aromatic rings. The quantitative estimate of drug-likeness (QED) is 0.791. The van der Waals surface area contributed by atoms with Crippen LogP contribution in [0.1, 0.15) is 6.92 Å². The third kappa shape index (κ3) is 9.87. The van der Waals surface area contributed by atoms with E-state index in [-0.39, 0.29) is 5.91 Å². The lowest BCUT2D eigenvalue weighted by molar-refractivity contribution is -0.126. The van der Waals surface area contributed by atoms with Crippen molar-refractivity contribution in [3.8, 4) is 0 Å². The van der Waals surface area contributed by atoms with Crippen LogP contribution in [0.3, 0.4) is 0 Å². The van der Waals surface area contributed by atoms with Gasteiger partial charge in [0.2, 0.25) is 18.7 Å². The van der Waals surface area contributed by atoms with Gasteiger partial charge in [0, 0.05) is 46.5 Å². The number of rotatable bonds is 4. The molecular formula is C20H27N3O3. The average molecular weight is 357 g/mol. The second kappa shape index (κ2) is 13.2. The van der Waals surface area contributed by atoms with Crippen molar-refractivity contribution in [1.82, 2.24) is 9.80 Å². The monoisotopic (exact) mass is 357 g/mol. The highest BCUT2D eigenvalue weighted by Crippen LogP contribution is 2.22. The van der Waals surface area contributed by atoms with Crippen LogP contribution in [0.5, 0.6) is 0 Å².